The van der Waals surface area contributed by atoms with Gasteiger partial charge in [-0.3, -0.25) is 10.1 Å². The molecule has 0 bridgehead atoms. The lowest BCUT2D eigenvalue weighted by Crippen LogP contribution is -2.20. The molecule has 0 aliphatic rings. The molecule has 102 valence electrons. The first-order chi connectivity index (χ1) is 8.99. The van der Waals surface area contributed by atoms with Crippen LogP contribution in [-0.2, 0) is 0 Å². The van der Waals surface area contributed by atoms with E-state index in [0.717, 1.165) is 0 Å². The number of aliphatic hydroxyl groups is 2. The Hall–Kier alpha value is -2.35. The van der Waals surface area contributed by atoms with Crippen molar-refractivity contribution in [1.82, 2.24) is 0 Å². The van der Waals surface area contributed by atoms with Crippen LogP contribution in [0.15, 0.2) is 23.3 Å². The zero-order valence-electron chi connectivity index (χ0n) is 9.88. The number of nitro groups is 1. The van der Waals surface area contributed by atoms with E-state index in [0.29, 0.717) is 0 Å². The smallest absolute Gasteiger partial charge is 0.297 e. The van der Waals surface area contributed by atoms with Crippen LogP contribution in [0.3, 0.4) is 0 Å². The van der Waals surface area contributed by atoms with Gasteiger partial charge in [-0.05, 0) is 24.1 Å². The Balaban J connectivity index is 2.98. The first-order valence-corrected chi connectivity index (χ1v) is 5.38. The Morgan fingerprint density at radius 2 is 2.21 bits per heavy atom. The van der Waals surface area contributed by atoms with Gasteiger partial charge in [0.1, 0.15) is 11.8 Å². The highest BCUT2D eigenvalue weighted by molar-refractivity contribution is 5.63. The van der Waals surface area contributed by atoms with Crippen LogP contribution in [0.4, 0.5) is 11.4 Å². The number of anilines is 1. The summed E-state index contributed by atoms with van der Waals surface area (Å²) in [7, 11) is 0. The minimum atomic E-state index is -1.47. The minimum Gasteiger partial charge on any atom is -0.393 e. The quantitative estimate of drug-likeness (QED) is 0.176. The number of hydrogen-bond donors (Lipinski definition) is 3. The Labute approximate surface area is 108 Å². The number of para-hydroxylation sites is 1. The van der Waals surface area contributed by atoms with Crippen LogP contribution in [0, 0.1) is 10.1 Å². The zero-order valence-corrected chi connectivity index (χ0v) is 9.88. The lowest BCUT2D eigenvalue weighted by molar-refractivity contribution is -0.385. The molecule has 0 aliphatic heterocycles. The second-order valence-corrected chi connectivity index (χ2v) is 3.80. The predicted octanol–water partition coefficient (Wildman–Crippen LogP) is 1.27. The molecule has 0 aliphatic carbocycles. The fraction of sp³-hybridized carbons (Fsp3) is 0.400. The highest BCUT2D eigenvalue weighted by atomic mass is 16.6. The van der Waals surface area contributed by atoms with Crippen molar-refractivity contribution in [1.29, 1.82) is 0 Å². The molecule has 2 unspecified atom stereocenters. The van der Waals surface area contributed by atoms with Crippen LogP contribution >= 0.6 is 0 Å². The largest absolute Gasteiger partial charge is 0.393 e. The molecular formula is C10H13N5O4. The van der Waals surface area contributed by atoms with Crippen molar-refractivity contribution in [2.75, 3.05) is 12.3 Å². The lowest BCUT2D eigenvalue weighted by atomic mass is 9.99. The molecule has 0 radical (unpaired) electrons. The molecule has 9 nitrogen and oxygen atoms in total. The monoisotopic (exact) mass is 267 g/mol. The summed E-state index contributed by atoms with van der Waals surface area (Å²) in [5, 5.41) is 33.7. The average Bonchev–Trinajstić information content (AvgIpc) is 2.37. The molecule has 0 amide bonds. The molecule has 9 heteroatoms. The van der Waals surface area contributed by atoms with E-state index in [4.69, 9.17) is 11.3 Å². The van der Waals surface area contributed by atoms with Gasteiger partial charge in [-0.15, -0.1) is 0 Å². The van der Waals surface area contributed by atoms with E-state index in [1.807, 2.05) is 0 Å². The van der Waals surface area contributed by atoms with Gasteiger partial charge in [0.05, 0.1) is 16.6 Å². The molecule has 1 aromatic rings. The fourth-order valence-electron chi connectivity index (χ4n) is 1.63. The summed E-state index contributed by atoms with van der Waals surface area (Å²) in [4.78, 5) is 12.7. The molecule has 19 heavy (non-hydrogen) atoms. The number of nitrogens with two attached hydrogens (primary N) is 1. The summed E-state index contributed by atoms with van der Waals surface area (Å²) in [6.45, 7) is -0.0230. The molecule has 4 N–H and O–H groups in total. The van der Waals surface area contributed by atoms with E-state index in [1.165, 1.54) is 18.2 Å². The fourth-order valence-corrected chi connectivity index (χ4v) is 1.63. The van der Waals surface area contributed by atoms with E-state index in [1.54, 1.807) is 0 Å². The van der Waals surface area contributed by atoms with Gasteiger partial charge in [0, 0.05) is 11.5 Å². The topological polar surface area (TPSA) is 158 Å². The van der Waals surface area contributed by atoms with Crippen molar-refractivity contribution in [2.24, 2.45) is 5.11 Å². The first-order valence-electron chi connectivity index (χ1n) is 5.38. The van der Waals surface area contributed by atoms with E-state index < -0.39 is 22.8 Å². The van der Waals surface area contributed by atoms with Crippen molar-refractivity contribution in [3.05, 3.63) is 44.3 Å². The number of azide groups is 1. The molecule has 2 atom stereocenters. The van der Waals surface area contributed by atoms with Crippen molar-refractivity contribution in [2.45, 2.75) is 18.6 Å². The molecule has 0 spiro atoms. The van der Waals surface area contributed by atoms with E-state index in [9.17, 15) is 20.3 Å². The van der Waals surface area contributed by atoms with Crippen molar-refractivity contribution in [3.63, 3.8) is 0 Å². The van der Waals surface area contributed by atoms with Gasteiger partial charge in [-0.1, -0.05) is 11.2 Å². The second-order valence-electron chi connectivity index (χ2n) is 3.80. The summed E-state index contributed by atoms with van der Waals surface area (Å²) in [5.41, 5.74) is 13.0. The molecule has 0 fully saturated rings. The number of aliphatic hydroxyl groups excluding tert-OH is 2. The Bertz CT molecular complexity index is 515. The Morgan fingerprint density at radius 3 is 2.79 bits per heavy atom. The molecule has 1 rings (SSSR count). The third kappa shape index (κ3) is 3.55. The summed E-state index contributed by atoms with van der Waals surface area (Å²) in [5.74, 6) is 0. The highest BCUT2D eigenvalue weighted by Gasteiger charge is 2.27. The SMILES string of the molecule is [N-]=[N+]=NCCC(O)C(O)c1cccc(N)c1[N+](=O)[O-]. The number of nitrogen functional groups attached to an aromatic ring is 1. The second kappa shape index (κ2) is 6.55. The molecule has 0 heterocycles. The predicted molar refractivity (Wildman–Crippen MR) is 67.1 cm³/mol. The molecular weight excluding hydrogens is 254 g/mol. The van der Waals surface area contributed by atoms with Gasteiger partial charge in [0.2, 0.25) is 0 Å². The van der Waals surface area contributed by atoms with Gasteiger partial charge in [0.25, 0.3) is 5.69 Å². The summed E-state index contributed by atoms with van der Waals surface area (Å²) in [6.07, 6.45) is -2.78. The normalized spacial score (nSPS) is 13.4. The highest BCUT2D eigenvalue weighted by Crippen LogP contribution is 2.32. The van der Waals surface area contributed by atoms with Crippen molar-refractivity contribution >= 4 is 11.4 Å². The summed E-state index contributed by atoms with van der Waals surface area (Å²) < 4.78 is 0. The lowest BCUT2D eigenvalue weighted by Gasteiger charge is -2.17. The van der Waals surface area contributed by atoms with Crippen molar-refractivity contribution < 1.29 is 15.1 Å². The van der Waals surface area contributed by atoms with Crippen LogP contribution in [0.5, 0.6) is 0 Å². The maximum atomic E-state index is 10.9. The number of hydrogen-bond acceptors (Lipinski definition) is 6. The van der Waals surface area contributed by atoms with Gasteiger partial charge in [-0.2, -0.15) is 0 Å². The van der Waals surface area contributed by atoms with Gasteiger partial charge in [0.15, 0.2) is 0 Å². The van der Waals surface area contributed by atoms with Crippen LogP contribution in [-0.4, -0.2) is 27.8 Å². The zero-order chi connectivity index (χ0) is 14.4. The maximum Gasteiger partial charge on any atom is 0.297 e. The van der Waals surface area contributed by atoms with Gasteiger partial charge >= 0.3 is 0 Å². The van der Waals surface area contributed by atoms with Crippen LogP contribution < -0.4 is 5.73 Å². The summed E-state index contributed by atoms with van der Waals surface area (Å²) >= 11 is 0. The Kier molecular flexibility index (Phi) is 5.07. The van der Waals surface area contributed by atoms with Crippen molar-refractivity contribution in [3.8, 4) is 0 Å². The number of nitro benzene ring substituents is 1. The van der Waals surface area contributed by atoms with Crippen LogP contribution in [0.2, 0.25) is 0 Å². The van der Waals surface area contributed by atoms with Gasteiger partial charge in [-0.25, -0.2) is 0 Å². The molecule has 0 aromatic heterocycles. The molecule has 1 aromatic carbocycles. The minimum absolute atomic E-state index is 0.0167. The average molecular weight is 267 g/mol. The summed E-state index contributed by atoms with van der Waals surface area (Å²) in [6, 6.07) is 4.09. The Morgan fingerprint density at radius 1 is 1.53 bits per heavy atom. The van der Waals surface area contributed by atoms with Crippen LogP contribution in [0.1, 0.15) is 18.1 Å². The number of nitrogens with zero attached hydrogens (tertiary/aromatic N) is 4. The number of benzene rings is 1. The van der Waals surface area contributed by atoms with E-state index in [-0.39, 0.29) is 24.2 Å². The first kappa shape index (κ1) is 14.7. The number of rotatable bonds is 6. The third-order valence-corrected chi connectivity index (χ3v) is 2.55. The van der Waals surface area contributed by atoms with Gasteiger partial charge < -0.3 is 15.9 Å². The maximum absolute atomic E-state index is 10.9. The van der Waals surface area contributed by atoms with E-state index >= 15 is 0 Å². The van der Waals surface area contributed by atoms with Crippen LogP contribution in [0.25, 0.3) is 10.4 Å². The standard InChI is InChI=1S/C10H13N5O4/c11-7-3-1-2-6(9(7)15(18)19)10(17)8(16)4-5-13-14-12/h1-3,8,10,16-17H,4-5,11H2. The van der Waals surface area contributed by atoms with E-state index in [2.05, 4.69) is 10.0 Å². The third-order valence-electron chi connectivity index (χ3n) is 2.55. The molecule has 0 saturated carbocycles. The molecule has 0 saturated heterocycles.